The van der Waals surface area contributed by atoms with Crippen molar-refractivity contribution >= 4 is 101 Å². The van der Waals surface area contributed by atoms with Crippen LogP contribution in [0, 0.1) is 13.8 Å². The van der Waals surface area contributed by atoms with Crippen LogP contribution in [-0.2, 0) is 6.61 Å². The zero-order valence-electron chi connectivity index (χ0n) is 20.4. The molecule has 0 saturated carbocycles. The van der Waals surface area contributed by atoms with Crippen molar-refractivity contribution in [2.24, 2.45) is 0 Å². The predicted molar refractivity (Wildman–Crippen MR) is 159 cm³/mol. The molecule has 0 amide bonds. The number of methoxy groups -OCH3 is 1. The van der Waals surface area contributed by atoms with Crippen molar-refractivity contribution in [3.8, 4) is 26.6 Å². The van der Waals surface area contributed by atoms with Gasteiger partial charge in [-0.2, -0.15) is 0 Å². The Balaban J connectivity index is 1.67. The molecule has 0 atom stereocenters. The van der Waals surface area contributed by atoms with E-state index in [1.807, 2.05) is 52.5 Å². The standard InChI is InChI=1S/C26H26O2S4Si2/c1-11-8-14-19(29-11)25-21(31-14)16-13(10-27)23-17(18(28-3)24(16)34(25,6)7)22-26(33(23,4)5)20-15(32-22)9-12(2)30-20/h8-9,27H,10H2,1-7H3. The summed E-state index contributed by atoms with van der Waals surface area (Å²) in [5, 5.41) is 16.9. The van der Waals surface area contributed by atoms with E-state index in [1.54, 1.807) is 10.4 Å². The first-order valence-electron chi connectivity index (χ1n) is 11.6. The van der Waals surface area contributed by atoms with E-state index in [2.05, 4.69) is 52.2 Å². The topological polar surface area (TPSA) is 29.5 Å². The SMILES string of the molecule is COc1c2c(c(CO)c3c1[Si](C)(C)c1c-3sc3cc(C)sc13)[Si](C)(C)c1c-2sc2cc(C)sc12. The molecule has 0 saturated heterocycles. The Morgan fingerprint density at radius 3 is 1.74 bits per heavy atom. The van der Waals surface area contributed by atoms with Crippen LogP contribution in [0.2, 0.25) is 26.2 Å². The molecule has 1 N–H and O–H groups in total. The predicted octanol–water partition coefficient (Wildman–Crippen LogP) is 5.96. The smallest absolute Gasteiger partial charge is 0.127 e. The Labute approximate surface area is 217 Å². The molecule has 0 radical (unpaired) electrons. The number of aryl methyl sites for hydroxylation is 2. The van der Waals surface area contributed by atoms with Gasteiger partial charge in [0, 0.05) is 49.4 Å². The number of hydrogen-bond donors (Lipinski definition) is 1. The van der Waals surface area contributed by atoms with Crippen molar-refractivity contribution in [2.45, 2.75) is 46.6 Å². The van der Waals surface area contributed by atoms with Gasteiger partial charge in [0.15, 0.2) is 0 Å². The van der Waals surface area contributed by atoms with Gasteiger partial charge in [-0.15, -0.1) is 45.3 Å². The Kier molecular flexibility index (Phi) is 4.35. The summed E-state index contributed by atoms with van der Waals surface area (Å²) < 4.78 is 12.2. The molecule has 0 fully saturated rings. The third-order valence-corrected chi connectivity index (χ3v) is 20.3. The number of fused-ring (bicyclic) bond motifs is 10. The van der Waals surface area contributed by atoms with Crippen molar-refractivity contribution in [1.29, 1.82) is 0 Å². The maximum Gasteiger partial charge on any atom is 0.127 e. The van der Waals surface area contributed by atoms with Crippen molar-refractivity contribution < 1.29 is 9.84 Å². The van der Waals surface area contributed by atoms with Crippen molar-refractivity contribution in [3.63, 3.8) is 0 Å². The molecule has 5 aromatic rings. The highest BCUT2D eigenvalue weighted by Crippen LogP contribution is 2.51. The highest BCUT2D eigenvalue weighted by molar-refractivity contribution is 7.36. The maximum atomic E-state index is 11.0. The number of aliphatic hydroxyl groups excluding tert-OH is 1. The van der Waals surface area contributed by atoms with Gasteiger partial charge >= 0.3 is 0 Å². The molecule has 2 nitrogen and oxygen atoms in total. The van der Waals surface area contributed by atoms with Crippen LogP contribution in [0.25, 0.3) is 39.7 Å². The fourth-order valence-electron chi connectivity index (χ4n) is 6.64. The van der Waals surface area contributed by atoms with Gasteiger partial charge in [0.1, 0.15) is 21.9 Å². The van der Waals surface area contributed by atoms with Gasteiger partial charge in [-0.25, -0.2) is 0 Å². The van der Waals surface area contributed by atoms with Crippen LogP contribution in [0.1, 0.15) is 15.3 Å². The second kappa shape index (κ2) is 6.73. The van der Waals surface area contributed by atoms with Crippen molar-refractivity contribution in [2.75, 3.05) is 7.11 Å². The molecule has 6 heterocycles. The zero-order valence-corrected chi connectivity index (χ0v) is 25.6. The molecular formula is C26H26O2S4Si2. The molecule has 7 rings (SSSR count). The summed E-state index contributed by atoms with van der Waals surface area (Å²) in [4.78, 5) is 5.59. The first kappa shape index (κ1) is 22.0. The van der Waals surface area contributed by atoms with Gasteiger partial charge in [-0.05, 0) is 52.3 Å². The minimum Gasteiger partial charge on any atom is -0.496 e. The highest BCUT2D eigenvalue weighted by atomic mass is 32.1. The number of hydrogen-bond acceptors (Lipinski definition) is 6. The van der Waals surface area contributed by atoms with E-state index in [0.29, 0.717) is 0 Å². The molecule has 1 aromatic carbocycles. The average molecular weight is 555 g/mol. The summed E-state index contributed by atoms with van der Waals surface area (Å²) in [7, 11) is -2.20. The molecule has 174 valence electrons. The number of aliphatic hydroxyl groups is 1. The second-order valence-electron chi connectivity index (χ2n) is 10.6. The van der Waals surface area contributed by atoms with E-state index in [1.165, 1.54) is 65.4 Å². The number of thiophene rings is 4. The Bertz CT molecular complexity index is 1580. The molecule has 0 bridgehead atoms. The highest BCUT2D eigenvalue weighted by Gasteiger charge is 2.51. The molecular weight excluding hydrogens is 529 g/mol. The van der Waals surface area contributed by atoms with Gasteiger partial charge in [-0.3, -0.25) is 0 Å². The molecule has 2 aliphatic heterocycles. The lowest BCUT2D eigenvalue weighted by Gasteiger charge is -2.28. The number of benzene rings is 1. The molecule has 0 unspecified atom stereocenters. The lowest BCUT2D eigenvalue weighted by atomic mass is 10.0. The molecule has 0 aliphatic carbocycles. The summed E-state index contributed by atoms with van der Waals surface area (Å²) in [5.41, 5.74) is 3.83. The van der Waals surface area contributed by atoms with Gasteiger partial charge in [0.2, 0.25) is 0 Å². The van der Waals surface area contributed by atoms with E-state index in [4.69, 9.17) is 4.74 Å². The quantitative estimate of drug-likeness (QED) is 0.273. The Hall–Kier alpha value is -1.27. The van der Waals surface area contributed by atoms with Crippen LogP contribution in [-0.4, -0.2) is 28.4 Å². The average Bonchev–Trinajstić information content (AvgIpc) is 3.53. The minimum atomic E-state index is -2.03. The largest absolute Gasteiger partial charge is 0.496 e. The summed E-state index contributed by atoms with van der Waals surface area (Å²) in [6.45, 7) is 14.5. The number of ether oxygens (including phenoxy) is 1. The van der Waals surface area contributed by atoms with Crippen LogP contribution < -0.4 is 25.5 Å². The van der Waals surface area contributed by atoms with E-state index >= 15 is 0 Å². The van der Waals surface area contributed by atoms with Crippen LogP contribution in [0.5, 0.6) is 5.75 Å². The first-order chi connectivity index (χ1) is 16.1. The van der Waals surface area contributed by atoms with Gasteiger partial charge in [0.05, 0.1) is 13.7 Å². The second-order valence-corrected chi connectivity index (χ2v) is 23.8. The van der Waals surface area contributed by atoms with Crippen molar-refractivity contribution in [3.05, 3.63) is 27.5 Å². The van der Waals surface area contributed by atoms with Crippen LogP contribution >= 0.6 is 45.3 Å². The molecule has 2 aliphatic rings. The number of rotatable bonds is 2. The summed E-state index contributed by atoms with van der Waals surface area (Å²) in [6, 6.07) is 4.70. The zero-order chi connectivity index (χ0) is 23.9. The molecule has 4 aromatic heterocycles. The molecule has 8 heteroatoms. The van der Waals surface area contributed by atoms with E-state index < -0.39 is 16.1 Å². The van der Waals surface area contributed by atoms with Gasteiger partial charge < -0.3 is 9.84 Å². The maximum absolute atomic E-state index is 11.0. The van der Waals surface area contributed by atoms with Crippen molar-refractivity contribution in [1.82, 2.24) is 0 Å². The fourth-order valence-corrected chi connectivity index (χ4v) is 22.3. The van der Waals surface area contributed by atoms with E-state index in [9.17, 15) is 5.11 Å². The van der Waals surface area contributed by atoms with Crippen LogP contribution in [0.15, 0.2) is 12.1 Å². The Morgan fingerprint density at radius 2 is 1.24 bits per heavy atom. The lowest BCUT2D eigenvalue weighted by molar-refractivity contribution is 0.283. The van der Waals surface area contributed by atoms with Crippen LogP contribution in [0.4, 0.5) is 0 Å². The monoisotopic (exact) mass is 554 g/mol. The van der Waals surface area contributed by atoms with Gasteiger partial charge in [-0.1, -0.05) is 26.2 Å². The normalized spacial score (nSPS) is 16.8. The Morgan fingerprint density at radius 1 is 0.735 bits per heavy atom. The van der Waals surface area contributed by atoms with E-state index in [-0.39, 0.29) is 6.61 Å². The summed E-state index contributed by atoms with van der Waals surface area (Å²) in [6.07, 6.45) is 0. The lowest BCUT2D eigenvalue weighted by Crippen LogP contribution is -2.53. The third kappa shape index (κ3) is 2.39. The van der Waals surface area contributed by atoms with Gasteiger partial charge in [0.25, 0.3) is 0 Å². The van der Waals surface area contributed by atoms with Crippen LogP contribution in [0.3, 0.4) is 0 Å². The summed E-state index contributed by atoms with van der Waals surface area (Å²) >= 11 is 7.76. The molecule has 34 heavy (non-hydrogen) atoms. The molecule has 0 spiro atoms. The third-order valence-electron chi connectivity index (χ3n) is 7.85. The summed E-state index contributed by atoms with van der Waals surface area (Å²) in [5.74, 6) is 1.11. The fraction of sp³-hybridized carbons (Fsp3) is 0.308. The first-order valence-corrected chi connectivity index (χ1v) is 20.8. The minimum absolute atomic E-state index is 0.0984. The van der Waals surface area contributed by atoms with E-state index in [0.717, 1.165) is 5.75 Å².